The average Bonchev–Trinajstić information content (AvgIpc) is 3.01. The molecule has 4 nitrogen and oxygen atoms in total. The second-order valence-corrected chi connectivity index (χ2v) is 6.30. The molecule has 1 amide bonds. The van der Waals surface area contributed by atoms with Gasteiger partial charge >= 0.3 is 0 Å². The van der Waals surface area contributed by atoms with Gasteiger partial charge < -0.3 is 9.64 Å². The fraction of sp³-hybridized carbons (Fsp3) is 0.533. The first-order valence-electron chi connectivity index (χ1n) is 7.03. The number of nitrogens with zero attached hydrogens (tertiary/aromatic N) is 1. The van der Waals surface area contributed by atoms with Gasteiger partial charge in [-0.15, -0.1) is 11.8 Å². The summed E-state index contributed by atoms with van der Waals surface area (Å²) in [6, 6.07) is 8.23. The molecule has 1 N–H and O–H groups in total. The van der Waals surface area contributed by atoms with E-state index in [0.717, 1.165) is 11.6 Å². The predicted molar refractivity (Wildman–Crippen MR) is 80.7 cm³/mol. The number of aryl methyl sites for hydroxylation is 1. The highest BCUT2D eigenvalue weighted by Gasteiger charge is 2.31. The van der Waals surface area contributed by atoms with E-state index in [1.54, 1.807) is 11.8 Å². The number of carbonyl (C=O) groups is 1. The largest absolute Gasteiger partial charge is 0.370 e. The highest BCUT2D eigenvalue weighted by atomic mass is 32.2. The molecule has 0 saturated carbocycles. The number of benzene rings is 1. The van der Waals surface area contributed by atoms with Crippen LogP contribution >= 0.6 is 11.8 Å². The van der Waals surface area contributed by atoms with E-state index in [1.165, 1.54) is 11.1 Å². The van der Waals surface area contributed by atoms with Gasteiger partial charge in [0.2, 0.25) is 5.91 Å². The molecule has 5 heteroatoms. The molecule has 0 radical (unpaired) electrons. The van der Waals surface area contributed by atoms with Crippen molar-refractivity contribution in [2.45, 2.75) is 19.1 Å². The lowest BCUT2D eigenvalue weighted by Crippen LogP contribution is -2.50. The van der Waals surface area contributed by atoms with Gasteiger partial charge in [0, 0.05) is 18.2 Å². The number of nitrogens with one attached hydrogen (secondary N) is 1. The van der Waals surface area contributed by atoms with Crippen LogP contribution in [-0.4, -0.2) is 48.2 Å². The smallest absolute Gasteiger partial charge is 0.240 e. The van der Waals surface area contributed by atoms with Crippen LogP contribution in [0.15, 0.2) is 24.3 Å². The van der Waals surface area contributed by atoms with Crippen LogP contribution in [0.3, 0.4) is 0 Å². The number of hydrogen-bond donors (Lipinski definition) is 1. The molecular weight excluding hydrogens is 272 g/mol. The quantitative estimate of drug-likeness (QED) is 0.898. The van der Waals surface area contributed by atoms with Gasteiger partial charge in [-0.05, 0) is 18.1 Å². The number of amides is 1. The highest BCUT2D eigenvalue weighted by Crippen LogP contribution is 2.25. The topological polar surface area (TPSA) is 41.6 Å². The van der Waals surface area contributed by atoms with Gasteiger partial charge in [0.05, 0.1) is 19.2 Å². The molecule has 1 aromatic rings. The molecule has 0 aromatic heterocycles. The summed E-state index contributed by atoms with van der Waals surface area (Å²) in [7, 11) is 0. The third-order valence-corrected chi connectivity index (χ3v) is 4.87. The maximum absolute atomic E-state index is 12.5. The number of rotatable bonds is 2. The van der Waals surface area contributed by atoms with Crippen LogP contribution in [0.5, 0.6) is 0 Å². The van der Waals surface area contributed by atoms with Crippen LogP contribution < -0.4 is 5.32 Å². The molecule has 2 aliphatic heterocycles. The summed E-state index contributed by atoms with van der Waals surface area (Å²) in [5.41, 5.74) is 2.42. The lowest BCUT2D eigenvalue weighted by molar-refractivity contribution is -0.140. The van der Waals surface area contributed by atoms with Gasteiger partial charge in [0.1, 0.15) is 6.10 Å². The number of hydrogen-bond acceptors (Lipinski definition) is 4. The molecule has 2 heterocycles. The van der Waals surface area contributed by atoms with Crippen molar-refractivity contribution in [1.82, 2.24) is 10.2 Å². The maximum Gasteiger partial charge on any atom is 0.240 e. The van der Waals surface area contributed by atoms with E-state index in [-0.39, 0.29) is 18.1 Å². The Morgan fingerprint density at radius 2 is 2.30 bits per heavy atom. The van der Waals surface area contributed by atoms with Crippen LogP contribution in [-0.2, 0) is 9.53 Å². The molecule has 0 unspecified atom stereocenters. The number of thioether (sulfide) groups is 1. The molecule has 108 valence electrons. The SMILES string of the molecule is Cc1ccccc1[C@@H]1CN(C(=O)[C@@H]2CSCN2)CCO1. The molecule has 1 aromatic carbocycles. The molecule has 3 rings (SSSR count). The average molecular weight is 292 g/mol. The fourth-order valence-electron chi connectivity index (χ4n) is 2.76. The Morgan fingerprint density at radius 3 is 3.05 bits per heavy atom. The van der Waals surface area contributed by atoms with E-state index in [1.807, 2.05) is 17.0 Å². The Bertz CT molecular complexity index is 489. The third kappa shape index (κ3) is 2.85. The Kier molecular flexibility index (Phi) is 4.29. The van der Waals surface area contributed by atoms with E-state index in [0.29, 0.717) is 19.7 Å². The minimum atomic E-state index is -0.0179. The van der Waals surface area contributed by atoms with Crippen molar-refractivity contribution in [3.05, 3.63) is 35.4 Å². The van der Waals surface area contributed by atoms with Crippen molar-refractivity contribution < 1.29 is 9.53 Å². The normalized spacial score (nSPS) is 26.8. The number of ether oxygens (including phenoxy) is 1. The molecular formula is C15H20N2O2S. The van der Waals surface area contributed by atoms with Crippen LogP contribution in [0.1, 0.15) is 17.2 Å². The highest BCUT2D eigenvalue weighted by molar-refractivity contribution is 7.99. The zero-order valence-electron chi connectivity index (χ0n) is 11.7. The van der Waals surface area contributed by atoms with Crippen molar-refractivity contribution in [1.29, 1.82) is 0 Å². The third-order valence-electron chi connectivity index (χ3n) is 3.93. The molecule has 0 aliphatic carbocycles. The summed E-state index contributed by atoms with van der Waals surface area (Å²) in [5, 5.41) is 3.25. The molecule has 0 spiro atoms. The van der Waals surface area contributed by atoms with Crippen LogP contribution in [0.4, 0.5) is 0 Å². The zero-order valence-corrected chi connectivity index (χ0v) is 12.5. The van der Waals surface area contributed by atoms with Gasteiger partial charge in [-0.25, -0.2) is 0 Å². The first kappa shape index (κ1) is 13.9. The summed E-state index contributed by atoms with van der Waals surface area (Å²) in [6.45, 7) is 4.07. The Morgan fingerprint density at radius 1 is 1.45 bits per heavy atom. The monoisotopic (exact) mass is 292 g/mol. The van der Waals surface area contributed by atoms with Gasteiger partial charge in [-0.1, -0.05) is 24.3 Å². The van der Waals surface area contributed by atoms with Crippen molar-refractivity contribution in [3.8, 4) is 0 Å². The van der Waals surface area contributed by atoms with Crippen molar-refractivity contribution in [2.75, 3.05) is 31.3 Å². The van der Waals surface area contributed by atoms with Gasteiger partial charge in [0.15, 0.2) is 0 Å². The second kappa shape index (κ2) is 6.16. The van der Waals surface area contributed by atoms with E-state index in [9.17, 15) is 4.79 Å². The Labute approximate surface area is 123 Å². The van der Waals surface area contributed by atoms with Crippen molar-refractivity contribution in [2.24, 2.45) is 0 Å². The summed E-state index contributed by atoms with van der Waals surface area (Å²) >= 11 is 1.78. The Hall–Kier alpha value is -1.04. The van der Waals surface area contributed by atoms with Crippen LogP contribution in [0.25, 0.3) is 0 Å². The summed E-state index contributed by atoms with van der Waals surface area (Å²) in [4.78, 5) is 14.4. The maximum atomic E-state index is 12.5. The number of morpholine rings is 1. The van der Waals surface area contributed by atoms with Crippen molar-refractivity contribution >= 4 is 17.7 Å². The van der Waals surface area contributed by atoms with Gasteiger partial charge in [0.25, 0.3) is 0 Å². The lowest BCUT2D eigenvalue weighted by Gasteiger charge is -2.35. The Balaban J connectivity index is 1.70. The van der Waals surface area contributed by atoms with Crippen molar-refractivity contribution in [3.63, 3.8) is 0 Å². The molecule has 20 heavy (non-hydrogen) atoms. The summed E-state index contributed by atoms with van der Waals surface area (Å²) in [6.07, 6.45) is 0.00274. The first-order chi connectivity index (χ1) is 9.75. The number of carbonyl (C=O) groups excluding carboxylic acids is 1. The van der Waals surface area contributed by atoms with Gasteiger partial charge in [-0.2, -0.15) is 0 Å². The van der Waals surface area contributed by atoms with E-state index >= 15 is 0 Å². The van der Waals surface area contributed by atoms with E-state index < -0.39 is 0 Å². The zero-order chi connectivity index (χ0) is 13.9. The molecule has 2 saturated heterocycles. The molecule has 0 bridgehead atoms. The summed E-state index contributed by atoms with van der Waals surface area (Å²) < 4.78 is 5.87. The van der Waals surface area contributed by atoms with Crippen LogP contribution in [0, 0.1) is 6.92 Å². The summed E-state index contributed by atoms with van der Waals surface area (Å²) in [5.74, 6) is 1.98. The second-order valence-electron chi connectivity index (χ2n) is 5.27. The minimum Gasteiger partial charge on any atom is -0.370 e. The van der Waals surface area contributed by atoms with Gasteiger partial charge in [-0.3, -0.25) is 10.1 Å². The first-order valence-corrected chi connectivity index (χ1v) is 8.18. The standard InChI is InChI=1S/C15H20N2O2S/c1-11-4-2-3-5-12(11)14-8-17(6-7-19-14)15(18)13-9-20-10-16-13/h2-5,13-14,16H,6-10H2,1H3/t13-,14-/m0/s1. The lowest BCUT2D eigenvalue weighted by atomic mass is 10.0. The molecule has 2 fully saturated rings. The minimum absolute atomic E-state index is 0.00274. The van der Waals surface area contributed by atoms with Crippen LogP contribution in [0.2, 0.25) is 0 Å². The molecule has 2 aliphatic rings. The van der Waals surface area contributed by atoms with E-state index in [4.69, 9.17) is 4.74 Å². The molecule has 2 atom stereocenters. The fourth-order valence-corrected chi connectivity index (χ4v) is 3.69. The predicted octanol–water partition coefficient (Wildman–Crippen LogP) is 1.56. The van der Waals surface area contributed by atoms with E-state index in [2.05, 4.69) is 24.4 Å².